The Balaban J connectivity index is 1.59. The topological polar surface area (TPSA) is 29.9 Å². The maximum atomic E-state index is 4.59. The summed E-state index contributed by atoms with van der Waals surface area (Å²) in [5.41, 5.74) is 3.58. The average molecular weight is 344 g/mol. The van der Waals surface area contributed by atoms with E-state index in [1.54, 1.807) is 0 Å². The Kier molecular flexibility index (Phi) is 4.36. The number of nitrogens with zero attached hydrogens (tertiary/aromatic N) is 2. The Morgan fingerprint density at radius 3 is 2.67 bits per heavy atom. The van der Waals surface area contributed by atoms with Crippen LogP contribution in [0.1, 0.15) is 11.4 Å². The second kappa shape index (κ2) is 6.41. The van der Waals surface area contributed by atoms with Crippen molar-refractivity contribution < 1.29 is 0 Å². The van der Waals surface area contributed by atoms with Gasteiger partial charge in [-0.1, -0.05) is 40.2 Å². The molecule has 21 heavy (non-hydrogen) atoms. The number of hydrogen-bond acceptors (Lipinski definition) is 2. The number of fused-ring (bicyclic) bond motifs is 1. The highest BCUT2D eigenvalue weighted by molar-refractivity contribution is 9.10. The molecule has 0 spiro atoms. The van der Waals surface area contributed by atoms with Gasteiger partial charge in [0.05, 0.1) is 11.0 Å². The molecule has 0 radical (unpaired) electrons. The molecule has 3 aromatic rings. The Labute approximate surface area is 133 Å². The predicted octanol–water partition coefficient (Wildman–Crippen LogP) is 3.90. The minimum absolute atomic E-state index is 0.888. The van der Waals surface area contributed by atoms with Crippen LogP contribution in [0.15, 0.2) is 53.0 Å². The quantitative estimate of drug-likeness (QED) is 0.712. The van der Waals surface area contributed by atoms with E-state index in [1.807, 2.05) is 6.07 Å². The molecule has 2 aromatic carbocycles. The summed E-state index contributed by atoms with van der Waals surface area (Å²) in [6.07, 6.45) is 0. The van der Waals surface area contributed by atoms with Crippen LogP contribution in [0.3, 0.4) is 0 Å². The minimum Gasteiger partial charge on any atom is -0.327 e. The third-order valence-electron chi connectivity index (χ3n) is 3.60. The molecule has 0 aliphatic rings. The van der Waals surface area contributed by atoms with Gasteiger partial charge in [-0.05, 0) is 36.8 Å². The van der Waals surface area contributed by atoms with Crippen LogP contribution in [0.4, 0.5) is 0 Å². The molecule has 0 saturated carbocycles. The number of nitrogens with one attached hydrogen (secondary N) is 1. The SMILES string of the molecule is Cc1nc2ccccc2n1CCNCc1ccc(Br)cc1. The molecule has 0 amide bonds. The van der Waals surface area contributed by atoms with Crippen molar-refractivity contribution in [2.45, 2.75) is 20.0 Å². The standard InChI is InChI=1S/C17H18BrN3/c1-13-20-16-4-2-3-5-17(16)21(13)11-10-19-12-14-6-8-15(18)9-7-14/h2-9,19H,10-12H2,1H3. The fourth-order valence-electron chi connectivity index (χ4n) is 2.50. The maximum absolute atomic E-state index is 4.59. The molecule has 0 atom stereocenters. The monoisotopic (exact) mass is 343 g/mol. The summed E-state index contributed by atoms with van der Waals surface area (Å²) >= 11 is 3.45. The predicted molar refractivity (Wildman–Crippen MR) is 90.3 cm³/mol. The van der Waals surface area contributed by atoms with Gasteiger partial charge in [-0.25, -0.2) is 4.98 Å². The number of aryl methyl sites for hydroxylation is 1. The van der Waals surface area contributed by atoms with Crippen molar-refractivity contribution >= 4 is 27.0 Å². The molecular weight excluding hydrogens is 326 g/mol. The molecule has 0 aliphatic carbocycles. The highest BCUT2D eigenvalue weighted by atomic mass is 79.9. The summed E-state index contributed by atoms with van der Waals surface area (Å²) < 4.78 is 3.39. The van der Waals surface area contributed by atoms with E-state index >= 15 is 0 Å². The van der Waals surface area contributed by atoms with Crippen molar-refractivity contribution in [3.05, 3.63) is 64.4 Å². The molecule has 1 heterocycles. The zero-order valence-corrected chi connectivity index (χ0v) is 13.6. The molecule has 3 rings (SSSR count). The van der Waals surface area contributed by atoms with Gasteiger partial charge >= 0.3 is 0 Å². The minimum atomic E-state index is 0.888. The first-order chi connectivity index (χ1) is 10.2. The van der Waals surface area contributed by atoms with Crippen molar-refractivity contribution in [2.24, 2.45) is 0 Å². The van der Waals surface area contributed by atoms with E-state index in [-0.39, 0.29) is 0 Å². The van der Waals surface area contributed by atoms with Gasteiger partial charge in [-0.15, -0.1) is 0 Å². The Hall–Kier alpha value is -1.65. The van der Waals surface area contributed by atoms with Gasteiger partial charge in [-0.2, -0.15) is 0 Å². The fourth-order valence-corrected chi connectivity index (χ4v) is 2.77. The molecular formula is C17H18BrN3. The Bertz CT molecular complexity index is 731. The lowest BCUT2D eigenvalue weighted by Gasteiger charge is -2.08. The Morgan fingerprint density at radius 1 is 1.10 bits per heavy atom. The highest BCUT2D eigenvalue weighted by Gasteiger charge is 2.05. The number of rotatable bonds is 5. The average Bonchev–Trinajstić information content (AvgIpc) is 2.81. The second-order valence-corrected chi connectivity index (χ2v) is 6.02. The van der Waals surface area contributed by atoms with Gasteiger partial charge in [0, 0.05) is 24.1 Å². The lowest BCUT2D eigenvalue weighted by molar-refractivity contribution is 0.597. The molecule has 0 aliphatic heterocycles. The van der Waals surface area contributed by atoms with Crippen molar-refractivity contribution in [2.75, 3.05) is 6.54 Å². The van der Waals surface area contributed by atoms with Gasteiger partial charge in [0.1, 0.15) is 5.82 Å². The second-order valence-electron chi connectivity index (χ2n) is 5.10. The summed E-state index contributed by atoms with van der Waals surface area (Å²) in [7, 11) is 0. The maximum Gasteiger partial charge on any atom is 0.106 e. The molecule has 1 N–H and O–H groups in total. The molecule has 0 fully saturated rings. The first-order valence-electron chi connectivity index (χ1n) is 7.11. The molecule has 1 aromatic heterocycles. The lowest BCUT2D eigenvalue weighted by atomic mass is 10.2. The van der Waals surface area contributed by atoms with Crippen molar-refractivity contribution in [3.8, 4) is 0 Å². The summed E-state index contributed by atoms with van der Waals surface area (Å²) in [6, 6.07) is 16.7. The van der Waals surface area contributed by atoms with Crippen LogP contribution < -0.4 is 5.32 Å². The van der Waals surface area contributed by atoms with E-state index in [2.05, 4.69) is 80.2 Å². The van der Waals surface area contributed by atoms with Gasteiger partial charge < -0.3 is 9.88 Å². The van der Waals surface area contributed by atoms with Gasteiger partial charge in [0.2, 0.25) is 0 Å². The normalized spacial score (nSPS) is 11.1. The largest absolute Gasteiger partial charge is 0.327 e. The van der Waals surface area contributed by atoms with Crippen LogP contribution >= 0.6 is 15.9 Å². The number of para-hydroxylation sites is 2. The molecule has 0 unspecified atom stereocenters. The zero-order valence-electron chi connectivity index (χ0n) is 12.0. The van der Waals surface area contributed by atoms with Crippen molar-refractivity contribution in [1.29, 1.82) is 0 Å². The Morgan fingerprint density at radius 2 is 1.86 bits per heavy atom. The van der Waals surface area contributed by atoms with Crippen LogP contribution in [0.25, 0.3) is 11.0 Å². The van der Waals surface area contributed by atoms with Gasteiger partial charge in [0.25, 0.3) is 0 Å². The van der Waals surface area contributed by atoms with Crippen LogP contribution in [-0.2, 0) is 13.1 Å². The fraction of sp³-hybridized carbons (Fsp3) is 0.235. The van der Waals surface area contributed by atoms with Crippen LogP contribution in [0.2, 0.25) is 0 Å². The van der Waals surface area contributed by atoms with E-state index in [1.165, 1.54) is 11.1 Å². The first-order valence-corrected chi connectivity index (χ1v) is 7.90. The van der Waals surface area contributed by atoms with E-state index in [4.69, 9.17) is 0 Å². The molecule has 108 valence electrons. The van der Waals surface area contributed by atoms with Crippen LogP contribution in [0.5, 0.6) is 0 Å². The number of halogens is 1. The summed E-state index contributed by atoms with van der Waals surface area (Å²) in [5, 5.41) is 3.49. The number of benzene rings is 2. The third-order valence-corrected chi connectivity index (χ3v) is 4.13. The zero-order chi connectivity index (χ0) is 14.7. The van der Waals surface area contributed by atoms with Gasteiger partial charge in [0.15, 0.2) is 0 Å². The summed E-state index contributed by atoms with van der Waals surface area (Å²) in [5.74, 6) is 1.07. The number of imidazole rings is 1. The van der Waals surface area contributed by atoms with Crippen LogP contribution in [-0.4, -0.2) is 16.1 Å². The van der Waals surface area contributed by atoms with E-state index in [0.29, 0.717) is 0 Å². The third kappa shape index (κ3) is 3.34. The van der Waals surface area contributed by atoms with Gasteiger partial charge in [-0.3, -0.25) is 0 Å². The smallest absolute Gasteiger partial charge is 0.106 e. The highest BCUT2D eigenvalue weighted by Crippen LogP contribution is 2.15. The molecule has 3 nitrogen and oxygen atoms in total. The van der Waals surface area contributed by atoms with Crippen LogP contribution in [0, 0.1) is 6.92 Å². The first kappa shape index (κ1) is 14.3. The molecule has 0 bridgehead atoms. The van der Waals surface area contributed by atoms with E-state index in [0.717, 1.165) is 35.4 Å². The molecule has 0 saturated heterocycles. The van der Waals surface area contributed by atoms with Crippen molar-refractivity contribution in [1.82, 2.24) is 14.9 Å². The summed E-state index contributed by atoms with van der Waals surface area (Å²) in [4.78, 5) is 4.59. The number of aromatic nitrogens is 2. The molecule has 4 heteroatoms. The van der Waals surface area contributed by atoms with Crippen molar-refractivity contribution in [3.63, 3.8) is 0 Å². The van der Waals surface area contributed by atoms with E-state index in [9.17, 15) is 0 Å². The summed E-state index contributed by atoms with van der Waals surface area (Å²) in [6.45, 7) is 4.81. The number of hydrogen-bond donors (Lipinski definition) is 1. The van der Waals surface area contributed by atoms with E-state index < -0.39 is 0 Å². The lowest BCUT2D eigenvalue weighted by Crippen LogP contribution is -2.20.